The molecule has 0 radical (unpaired) electrons. The van der Waals surface area contributed by atoms with Gasteiger partial charge in [-0.2, -0.15) is 4.31 Å². The molecule has 3 rings (SSSR count). The Bertz CT molecular complexity index is 742. The molecule has 1 aliphatic rings. The first kappa shape index (κ1) is 14.2. The molecule has 2 heterocycles. The van der Waals surface area contributed by atoms with Crippen molar-refractivity contribution in [2.45, 2.75) is 31.2 Å². The minimum absolute atomic E-state index is 0.341. The molecule has 0 saturated heterocycles. The summed E-state index contributed by atoms with van der Waals surface area (Å²) in [5.41, 5.74) is 2.96. The normalized spacial score (nSPS) is 15.7. The fourth-order valence-electron chi connectivity index (χ4n) is 2.49. The third-order valence-corrected chi connectivity index (χ3v) is 5.65. The Kier molecular flexibility index (Phi) is 3.73. The number of fused-ring (bicyclic) bond motifs is 1. The number of benzene rings is 1. The van der Waals surface area contributed by atoms with Gasteiger partial charge in [0.15, 0.2) is 0 Å². The Balaban J connectivity index is 1.89. The highest BCUT2D eigenvalue weighted by Gasteiger charge is 2.28. The monoisotopic (exact) mass is 303 g/mol. The van der Waals surface area contributed by atoms with Crippen molar-refractivity contribution in [1.29, 1.82) is 0 Å². The van der Waals surface area contributed by atoms with E-state index in [9.17, 15) is 8.42 Å². The Morgan fingerprint density at radius 2 is 2.00 bits per heavy atom. The standard InChI is InChI=1S/C15H17N3O2S/c1-2-12-3-5-14(6-4-12)21(19,20)18-8-7-15-13(10-18)9-16-11-17-15/h3-6,9,11H,2,7-8,10H2,1H3. The molecule has 0 atom stereocenters. The summed E-state index contributed by atoms with van der Waals surface area (Å²) in [5, 5.41) is 0. The van der Waals surface area contributed by atoms with Crippen LogP contribution in [-0.4, -0.2) is 29.2 Å². The minimum Gasteiger partial charge on any atom is -0.244 e. The van der Waals surface area contributed by atoms with Crippen LogP contribution >= 0.6 is 0 Å². The molecule has 0 unspecified atom stereocenters. The molecule has 0 fully saturated rings. The van der Waals surface area contributed by atoms with E-state index >= 15 is 0 Å². The zero-order valence-corrected chi connectivity index (χ0v) is 12.7. The van der Waals surface area contributed by atoms with Gasteiger partial charge in [-0.1, -0.05) is 19.1 Å². The summed E-state index contributed by atoms with van der Waals surface area (Å²) in [6.45, 7) is 2.85. The lowest BCUT2D eigenvalue weighted by Gasteiger charge is -2.27. The fourth-order valence-corrected chi connectivity index (χ4v) is 3.91. The lowest BCUT2D eigenvalue weighted by molar-refractivity contribution is 0.386. The average molecular weight is 303 g/mol. The van der Waals surface area contributed by atoms with Crippen LogP contribution in [0.5, 0.6) is 0 Å². The summed E-state index contributed by atoms with van der Waals surface area (Å²) < 4.78 is 26.9. The summed E-state index contributed by atoms with van der Waals surface area (Å²) in [5.74, 6) is 0. The molecule has 0 bridgehead atoms. The third-order valence-electron chi connectivity index (χ3n) is 3.80. The highest BCUT2D eigenvalue weighted by molar-refractivity contribution is 7.89. The second-order valence-electron chi connectivity index (χ2n) is 5.08. The summed E-state index contributed by atoms with van der Waals surface area (Å²) in [6, 6.07) is 7.11. The number of hydrogen-bond donors (Lipinski definition) is 0. The van der Waals surface area contributed by atoms with Gasteiger partial charge in [-0.15, -0.1) is 0 Å². The second-order valence-corrected chi connectivity index (χ2v) is 7.02. The Hall–Kier alpha value is -1.79. The highest BCUT2D eigenvalue weighted by atomic mass is 32.2. The van der Waals surface area contributed by atoms with E-state index in [1.807, 2.05) is 19.1 Å². The second kappa shape index (κ2) is 5.54. The van der Waals surface area contributed by atoms with Crippen molar-refractivity contribution in [3.05, 3.63) is 53.6 Å². The van der Waals surface area contributed by atoms with E-state index < -0.39 is 10.0 Å². The number of sulfonamides is 1. The van der Waals surface area contributed by atoms with Gasteiger partial charge in [0.2, 0.25) is 10.0 Å². The van der Waals surface area contributed by atoms with E-state index in [1.54, 1.807) is 18.3 Å². The van der Waals surface area contributed by atoms with Gasteiger partial charge in [-0.3, -0.25) is 0 Å². The van der Waals surface area contributed by atoms with Crippen LogP contribution in [0.15, 0.2) is 41.7 Å². The van der Waals surface area contributed by atoms with Crippen molar-refractivity contribution in [1.82, 2.24) is 14.3 Å². The molecule has 5 nitrogen and oxygen atoms in total. The van der Waals surface area contributed by atoms with E-state index in [-0.39, 0.29) is 0 Å². The van der Waals surface area contributed by atoms with Crippen molar-refractivity contribution < 1.29 is 8.42 Å². The number of rotatable bonds is 3. The van der Waals surface area contributed by atoms with Crippen molar-refractivity contribution >= 4 is 10.0 Å². The van der Waals surface area contributed by atoms with E-state index in [0.29, 0.717) is 24.4 Å². The predicted molar refractivity (Wildman–Crippen MR) is 79.2 cm³/mol. The van der Waals surface area contributed by atoms with E-state index in [1.165, 1.54) is 10.6 Å². The smallest absolute Gasteiger partial charge is 0.243 e. The first-order valence-electron chi connectivity index (χ1n) is 6.98. The van der Waals surface area contributed by atoms with Crippen LogP contribution in [0.25, 0.3) is 0 Å². The van der Waals surface area contributed by atoms with Crippen LogP contribution in [0, 0.1) is 0 Å². The molecule has 0 N–H and O–H groups in total. The summed E-state index contributed by atoms with van der Waals surface area (Å²) in [6.07, 6.45) is 4.73. The van der Waals surface area contributed by atoms with Gasteiger partial charge in [-0.25, -0.2) is 18.4 Å². The van der Waals surface area contributed by atoms with Gasteiger partial charge in [0.05, 0.1) is 4.90 Å². The van der Waals surface area contributed by atoms with Crippen LogP contribution in [0.1, 0.15) is 23.7 Å². The van der Waals surface area contributed by atoms with E-state index in [2.05, 4.69) is 9.97 Å². The summed E-state index contributed by atoms with van der Waals surface area (Å²) in [7, 11) is -3.45. The van der Waals surface area contributed by atoms with Crippen molar-refractivity contribution in [2.75, 3.05) is 6.54 Å². The molecule has 110 valence electrons. The summed E-state index contributed by atoms with van der Waals surface area (Å²) in [4.78, 5) is 8.52. The minimum atomic E-state index is -3.45. The number of aromatic nitrogens is 2. The van der Waals surface area contributed by atoms with Crippen molar-refractivity contribution in [3.8, 4) is 0 Å². The van der Waals surface area contributed by atoms with Gasteiger partial charge >= 0.3 is 0 Å². The molecule has 1 aromatic carbocycles. The topological polar surface area (TPSA) is 63.2 Å². The lowest BCUT2D eigenvalue weighted by atomic mass is 10.1. The largest absolute Gasteiger partial charge is 0.244 e. The molecular weight excluding hydrogens is 286 g/mol. The summed E-state index contributed by atoms with van der Waals surface area (Å²) >= 11 is 0. The Morgan fingerprint density at radius 3 is 2.71 bits per heavy atom. The van der Waals surface area contributed by atoms with Gasteiger partial charge in [-0.05, 0) is 24.1 Å². The highest BCUT2D eigenvalue weighted by Crippen LogP contribution is 2.23. The molecule has 21 heavy (non-hydrogen) atoms. The molecular formula is C15H17N3O2S. The SMILES string of the molecule is CCc1ccc(S(=O)(=O)N2CCc3ncncc3C2)cc1. The average Bonchev–Trinajstić information content (AvgIpc) is 2.54. The molecule has 1 aromatic heterocycles. The van der Waals surface area contributed by atoms with Gasteiger partial charge < -0.3 is 0 Å². The van der Waals surface area contributed by atoms with Gasteiger partial charge in [0, 0.05) is 37.0 Å². The molecule has 2 aromatic rings. The first-order valence-corrected chi connectivity index (χ1v) is 8.42. The van der Waals surface area contributed by atoms with E-state index in [4.69, 9.17) is 0 Å². The van der Waals surface area contributed by atoms with Crippen LogP contribution in [0.3, 0.4) is 0 Å². The number of hydrogen-bond acceptors (Lipinski definition) is 4. The molecule has 0 spiro atoms. The van der Waals surface area contributed by atoms with Gasteiger partial charge in [0.1, 0.15) is 6.33 Å². The molecule has 1 aliphatic heterocycles. The zero-order valence-electron chi connectivity index (χ0n) is 11.9. The lowest BCUT2D eigenvalue weighted by Crippen LogP contribution is -2.36. The van der Waals surface area contributed by atoms with Crippen molar-refractivity contribution in [2.24, 2.45) is 0 Å². The Morgan fingerprint density at radius 1 is 1.24 bits per heavy atom. The van der Waals surface area contributed by atoms with Crippen LogP contribution < -0.4 is 0 Å². The predicted octanol–water partition coefficient (Wildman–Crippen LogP) is 1.79. The van der Waals surface area contributed by atoms with Crippen LogP contribution in [0.4, 0.5) is 0 Å². The fraction of sp³-hybridized carbons (Fsp3) is 0.333. The maximum absolute atomic E-state index is 12.7. The maximum Gasteiger partial charge on any atom is 0.243 e. The van der Waals surface area contributed by atoms with Gasteiger partial charge in [0.25, 0.3) is 0 Å². The van der Waals surface area contributed by atoms with E-state index in [0.717, 1.165) is 23.2 Å². The number of aryl methyl sites for hydroxylation is 1. The van der Waals surface area contributed by atoms with Crippen molar-refractivity contribution in [3.63, 3.8) is 0 Å². The zero-order chi connectivity index (χ0) is 14.9. The molecule has 0 aliphatic carbocycles. The molecule has 0 amide bonds. The first-order chi connectivity index (χ1) is 10.1. The quantitative estimate of drug-likeness (QED) is 0.867. The van der Waals surface area contributed by atoms with Crippen LogP contribution in [0.2, 0.25) is 0 Å². The van der Waals surface area contributed by atoms with Crippen LogP contribution in [-0.2, 0) is 29.4 Å². The third kappa shape index (κ3) is 2.69. The molecule has 0 saturated carbocycles. The molecule has 6 heteroatoms. The maximum atomic E-state index is 12.7. The number of nitrogens with zero attached hydrogens (tertiary/aromatic N) is 3. The Labute approximate surface area is 124 Å².